The average molecular weight is 523 g/mol. The summed E-state index contributed by atoms with van der Waals surface area (Å²) in [5, 5.41) is 18.8. The Morgan fingerprint density at radius 3 is 2.13 bits per heavy atom. The standard InChI is InChI=1S/C27H30N4O7/c1-14(2)18(25(35)30-19(27(37)38-5)15-10-7-6-8-11-15)29-21-20(23(33)24(21)34)28-17-13-9-12-16(22(17)32)26(36)31(3)4/h6-14,18-19,28-29,32H,1-5H3,(H,30,35)/t18-,19+/m1/s1. The molecule has 4 N–H and O–H groups in total. The van der Waals surface area contributed by atoms with Crippen LogP contribution in [0.25, 0.3) is 0 Å². The molecule has 0 radical (unpaired) electrons. The molecule has 3 rings (SSSR count). The van der Waals surface area contributed by atoms with Gasteiger partial charge in [-0.3, -0.25) is 19.2 Å². The molecule has 0 heterocycles. The van der Waals surface area contributed by atoms with Gasteiger partial charge in [0.05, 0.1) is 18.4 Å². The van der Waals surface area contributed by atoms with Crippen molar-refractivity contribution < 1.29 is 24.2 Å². The molecule has 0 aliphatic carbocycles. The van der Waals surface area contributed by atoms with Crippen molar-refractivity contribution in [3.05, 3.63) is 80.1 Å². The molecule has 0 saturated carbocycles. The maximum atomic E-state index is 13.3. The van der Waals surface area contributed by atoms with Crippen molar-refractivity contribution in [1.82, 2.24) is 10.2 Å². The molecule has 0 bridgehead atoms. The van der Waals surface area contributed by atoms with Crippen LogP contribution in [0, 0.1) is 5.92 Å². The monoisotopic (exact) mass is 522 g/mol. The van der Waals surface area contributed by atoms with Gasteiger partial charge in [-0.15, -0.1) is 0 Å². The lowest BCUT2D eigenvalue weighted by Crippen LogP contribution is -2.49. The van der Waals surface area contributed by atoms with Gasteiger partial charge in [0, 0.05) is 14.1 Å². The zero-order chi connectivity index (χ0) is 28.1. The first-order valence-corrected chi connectivity index (χ1v) is 11.8. The summed E-state index contributed by atoms with van der Waals surface area (Å²) in [6.07, 6.45) is 0. The first-order chi connectivity index (χ1) is 18.0. The number of nitrogens with zero attached hydrogens (tertiary/aromatic N) is 1. The Kier molecular flexibility index (Phi) is 8.51. The Hall–Kier alpha value is -4.67. The number of phenols is 1. The molecule has 200 valence electrons. The molecular formula is C27H30N4O7. The van der Waals surface area contributed by atoms with E-state index in [0.717, 1.165) is 0 Å². The smallest absolute Gasteiger partial charge is 0.333 e. The lowest BCUT2D eigenvalue weighted by atomic mass is 10.00. The van der Waals surface area contributed by atoms with E-state index >= 15 is 0 Å². The predicted molar refractivity (Wildman–Crippen MR) is 142 cm³/mol. The van der Waals surface area contributed by atoms with Gasteiger partial charge in [0.2, 0.25) is 5.91 Å². The summed E-state index contributed by atoms with van der Waals surface area (Å²) in [6.45, 7) is 3.46. The highest BCUT2D eigenvalue weighted by Crippen LogP contribution is 2.32. The van der Waals surface area contributed by atoms with Crippen LogP contribution in [0.2, 0.25) is 0 Å². The van der Waals surface area contributed by atoms with Crippen LogP contribution in [0.5, 0.6) is 5.75 Å². The van der Waals surface area contributed by atoms with Crippen LogP contribution >= 0.6 is 0 Å². The molecule has 2 amide bonds. The van der Waals surface area contributed by atoms with Crippen molar-refractivity contribution in [2.75, 3.05) is 31.8 Å². The maximum Gasteiger partial charge on any atom is 0.333 e. The van der Waals surface area contributed by atoms with Crippen LogP contribution in [-0.4, -0.2) is 55.0 Å². The fourth-order valence-corrected chi connectivity index (χ4v) is 3.81. The number of ether oxygens (including phenoxy) is 1. The summed E-state index contributed by atoms with van der Waals surface area (Å²) in [5.41, 5.74) is -1.47. The fourth-order valence-electron chi connectivity index (χ4n) is 3.81. The third kappa shape index (κ3) is 5.66. The van der Waals surface area contributed by atoms with Gasteiger partial charge < -0.3 is 30.7 Å². The first kappa shape index (κ1) is 27.9. The summed E-state index contributed by atoms with van der Waals surface area (Å²) in [5.74, 6) is -2.49. The van der Waals surface area contributed by atoms with E-state index in [4.69, 9.17) is 4.74 Å². The lowest BCUT2D eigenvalue weighted by molar-refractivity contribution is -0.145. The van der Waals surface area contributed by atoms with Gasteiger partial charge in [-0.25, -0.2) is 4.79 Å². The van der Waals surface area contributed by atoms with Gasteiger partial charge in [0.25, 0.3) is 16.8 Å². The highest BCUT2D eigenvalue weighted by Gasteiger charge is 2.32. The molecule has 11 heteroatoms. The normalized spacial score (nSPS) is 12.5. The minimum Gasteiger partial charge on any atom is -0.505 e. The molecule has 0 saturated heterocycles. The third-order valence-electron chi connectivity index (χ3n) is 5.95. The number of para-hydroxylation sites is 1. The van der Waals surface area contributed by atoms with Crippen LogP contribution in [0.4, 0.5) is 17.1 Å². The van der Waals surface area contributed by atoms with Crippen LogP contribution < -0.4 is 26.8 Å². The number of amides is 2. The van der Waals surface area contributed by atoms with Crippen molar-refractivity contribution in [3.63, 3.8) is 0 Å². The molecule has 0 spiro atoms. The van der Waals surface area contributed by atoms with Gasteiger partial charge in [-0.1, -0.05) is 50.2 Å². The van der Waals surface area contributed by atoms with E-state index in [1.165, 1.54) is 44.3 Å². The summed E-state index contributed by atoms with van der Waals surface area (Å²) < 4.78 is 4.85. The minimum absolute atomic E-state index is 0.00223. The maximum absolute atomic E-state index is 13.3. The second kappa shape index (κ2) is 11.6. The van der Waals surface area contributed by atoms with Crippen LogP contribution in [0.15, 0.2) is 58.1 Å². The largest absolute Gasteiger partial charge is 0.505 e. The van der Waals surface area contributed by atoms with Crippen molar-refractivity contribution in [3.8, 4) is 5.75 Å². The number of anilines is 3. The van der Waals surface area contributed by atoms with E-state index in [9.17, 15) is 29.1 Å². The van der Waals surface area contributed by atoms with E-state index in [1.807, 2.05) is 0 Å². The molecule has 2 atom stereocenters. The number of benzene rings is 2. The SMILES string of the molecule is COC(=O)[C@@H](NC(=O)[C@H](Nc1c(Nc2cccc(C(=O)N(C)C)c2O)c(=O)c1=O)C(C)C)c1ccccc1. The van der Waals surface area contributed by atoms with E-state index in [2.05, 4.69) is 16.0 Å². The van der Waals surface area contributed by atoms with Gasteiger partial charge in [-0.2, -0.15) is 0 Å². The number of carbonyl (C=O) groups is 3. The van der Waals surface area contributed by atoms with E-state index in [-0.39, 0.29) is 28.5 Å². The van der Waals surface area contributed by atoms with E-state index in [0.29, 0.717) is 5.56 Å². The molecule has 3 aromatic carbocycles. The molecule has 0 aliphatic heterocycles. The van der Waals surface area contributed by atoms with Crippen LogP contribution in [-0.2, 0) is 14.3 Å². The summed E-state index contributed by atoms with van der Waals surface area (Å²) in [4.78, 5) is 64.1. The Morgan fingerprint density at radius 2 is 1.55 bits per heavy atom. The second-order valence-corrected chi connectivity index (χ2v) is 9.18. The zero-order valence-electron chi connectivity index (χ0n) is 21.7. The number of aromatic hydroxyl groups is 1. The molecule has 3 aromatic rings. The number of nitrogens with one attached hydrogen (secondary N) is 3. The van der Waals surface area contributed by atoms with Crippen molar-refractivity contribution >= 4 is 34.8 Å². The topological polar surface area (TPSA) is 154 Å². The number of hydrogen-bond acceptors (Lipinski definition) is 9. The Balaban J connectivity index is 1.88. The number of rotatable bonds is 10. The molecule has 0 unspecified atom stereocenters. The molecular weight excluding hydrogens is 492 g/mol. The molecule has 0 aromatic heterocycles. The van der Waals surface area contributed by atoms with Crippen LogP contribution in [0.1, 0.15) is 35.8 Å². The van der Waals surface area contributed by atoms with Gasteiger partial charge >= 0.3 is 5.97 Å². The van der Waals surface area contributed by atoms with Crippen molar-refractivity contribution in [2.45, 2.75) is 25.9 Å². The molecule has 0 fully saturated rings. The molecule has 38 heavy (non-hydrogen) atoms. The number of carbonyl (C=O) groups excluding carboxylic acids is 3. The highest BCUT2D eigenvalue weighted by molar-refractivity contribution is 5.99. The first-order valence-electron chi connectivity index (χ1n) is 11.8. The summed E-state index contributed by atoms with van der Waals surface area (Å²) in [6, 6.07) is 10.8. The Labute approximate surface area is 219 Å². The number of methoxy groups -OCH3 is 1. The molecule has 11 nitrogen and oxygen atoms in total. The minimum atomic E-state index is -1.09. The number of phenolic OH excluding ortho intramolecular Hbond substituents is 1. The highest BCUT2D eigenvalue weighted by atomic mass is 16.5. The van der Waals surface area contributed by atoms with Gasteiger partial charge in [0.1, 0.15) is 17.4 Å². The number of esters is 1. The quantitative estimate of drug-likeness (QED) is 0.178. The Morgan fingerprint density at radius 1 is 0.921 bits per heavy atom. The second-order valence-electron chi connectivity index (χ2n) is 9.18. The zero-order valence-corrected chi connectivity index (χ0v) is 21.7. The van der Waals surface area contributed by atoms with Crippen LogP contribution in [0.3, 0.4) is 0 Å². The van der Waals surface area contributed by atoms with Crippen molar-refractivity contribution in [2.24, 2.45) is 5.92 Å². The molecule has 0 aliphatic rings. The lowest BCUT2D eigenvalue weighted by Gasteiger charge is -2.27. The summed E-state index contributed by atoms with van der Waals surface area (Å²) in [7, 11) is 4.26. The number of hydrogen-bond donors (Lipinski definition) is 4. The fraction of sp³-hybridized carbons (Fsp3) is 0.296. The Bertz CT molecular complexity index is 1410. The van der Waals surface area contributed by atoms with E-state index < -0.39 is 46.5 Å². The third-order valence-corrected chi connectivity index (χ3v) is 5.95. The van der Waals surface area contributed by atoms with Gasteiger partial charge in [-0.05, 0) is 23.6 Å². The van der Waals surface area contributed by atoms with E-state index in [1.54, 1.807) is 44.2 Å². The van der Waals surface area contributed by atoms with Crippen molar-refractivity contribution in [1.29, 1.82) is 0 Å². The summed E-state index contributed by atoms with van der Waals surface area (Å²) >= 11 is 0. The van der Waals surface area contributed by atoms with Gasteiger partial charge in [0.15, 0.2) is 11.8 Å². The predicted octanol–water partition coefficient (Wildman–Crippen LogP) is 1.90. The average Bonchev–Trinajstić information content (AvgIpc) is 2.91.